The number of nitrogens with zero attached hydrogens (tertiary/aromatic N) is 1. The van der Waals surface area contributed by atoms with Crippen LogP contribution in [-0.2, 0) is 16.1 Å². The molecule has 5 nitrogen and oxygen atoms in total. The van der Waals surface area contributed by atoms with Crippen LogP contribution in [0, 0.1) is 0 Å². The number of nitrogens with one attached hydrogen (secondary N) is 1. The Bertz CT molecular complexity index is 276. The van der Waals surface area contributed by atoms with Crippen molar-refractivity contribution in [2.75, 3.05) is 13.7 Å². The second kappa shape index (κ2) is 5.69. The van der Waals surface area contributed by atoms with Crippen LogP contribution in [0.1, 0.15) is 5.01 Å². The second-order valence-corrected chi connectivity index (χ2v) is 3.68. The highest BCUT2D eigenvalue weighted by Gasteiger charge is 2.12. The number of carbonyl (C=O) groups is 1. The number of hydrogen-bond donors (Lipinski definition) is 2. The molecule has 0 bridgehead atoms. The summed E-state index contributed by atoms with van der Waals surface area (Å²) in [4.78, 5) is 15.3. The Kier molecular flexibility index (Phi) is 4.51. The molecule has 1 heterocycles. The predicted octanol–water partition coefficient (Wildman–Crippen LogP) is -0.267. The quantitative estimate of drug-likeness (QED) is 0.709. The molecule has 1 unspecified atom stereocenters. The van der Waals surface area contributed by atoms with E-state index in [1.54, 1.807) is 6.20 Å². The minimum atomic E-state index is -0.611. The third-order valence-corrected chi connectivity index (χ3v) is 2.36. The molecular formula is C8H13N3O2S. The summed E-state index contributed by atoms with van der Waals surface area (Å²) in [7, 11) is 1.51. The molecule has 0 saturated heterocycles. The van der Waals surface area contributed by atoms with Gasteiger partial charge in [-0.3, -0.25) is 4.79 Å². The molecule has 78 valence electrons. The third kappa shape index (κ3) is 3.41. The monoisotopic (exact) mass is 215 g/mol. The Labute approximate surface area is 86.3 Å². The first-order valence-electron chi connectivity index (χ1n) is 4.14. The Balaban J connectivity index is 2.27. The van der Waals surface area contributed by atoms with E-state index in [9.17, 15) is 4.79 Å². The van der Waals surface area contributed by atoms with E-state index in [0.29, 0.717) is 6.54 Å². The van der Waals surface area contributed by atoms with Gasteiger partial charge in [-0.2, -0.15) is 0 Å². The average molecular weight is 215 g/mol. The maximum atomic E-state index is 11.3. The Morgan fingerprint density at radius 3 is 3.21 bits per heavy atom. The number of ether oxygens (including phenoxy) is 1. The van der Waals surface area contributed by atoms with E-state index in [2.05, 4.69) is 10.3 Å². The van der Waals surface area contributed by atoms with Gasteiger partial charge in [0.15, 0.2) is 0 Å². The van der Waals surface area contributed by atoms with Gasteiger partial charge in [0.2, 0.25) is 5.91 Å². The number of thiazole rings is 1. The van der Waals surface area contributed by atoms with Gasteiger partial charge in [0.05, 0.1) is 13.2 Å². The fraction of sp³-hybridized carbons (Fsp3) is 0.500. The van der Waals surface area contributed by atoms with E-state index >= 15 is 0 Å². The highest BCUT2D eigenvalue weighted by molar-refractivity contribution is 7.09. The molecule has 0 spiro atoms. The zero-order valence-corrected chi connectivity index (χ0v) is 8.71. The van der Waals surface area contributed by atoms with Crippen molar-refractivity contribution in [1.82, 2.24) is 10.3 Å². The fourth-order valence-electron chi connectivity index (χ4n) is 0.889. The summed E-state index contributed by atoms with van der Waals surface area (Å²) in [6.07, 6.45) is 1.70. The van der Waals surface area contributed by atoms with E-state index in [0.717, 1.165) is 5.01 Å². The van der Waals surface area contributed by atoms with E-state index in [-0.39, 0.29) is 12.5 Å². The zero-order valence-electron chi connectivity index (χ0n) is 7.90. The number of rotatable bonds is 5. The largest absolute Gasteiger partial charge is 0.383 e. The van der Waals surface area contributed by atoms with Gasteiger partial charge in [-0.05, 0) is 0 Å². The van der Waals surface area contributed by atoms with Crippen LogP contribution >= 0.6 is 11.3 Å². The van der Waals surface area contributed by atoms with Crippen LogP contribution in [0.4, 0.5) is 0 Å². The van der Waals surface area contributed by atoms with Crippen LogP contribution < -0.4 is 11.1 Å². The summed E-state index contributed by atoms with van der Waals surface area (Å²) < 4.78 is 4.76. The molecule has 14 heavy (non-hydrogen) atoms. The minimum Gasteiger partial charge on any atom is -0.383 e. The van der Waals surface area contributed by atoms with Crippen LogP contribution in [0.2, 0.25) is 0 Å². The molecule has 1 rings (SSSR count). The smallest absolute Gasteiger partial charge is 0.239 e. The Morgan fingerprint density at radius 2 is 2.64 bits per heavy atom. The SMILES string of the molecule is COCC(N)C(=O)NCc1nccs1. The fourth-order valence-corrected chi connectivity index (χ4v) is 1.45. The van der Waals surface area contributed by atoms with Crippen LogP contribution in [-0.4, -0.2) is 30.6 Å². The van der Waals surface area contributed by atoms with Crippen molar-refractivity contribution in [2.24, 2.45) is 5.73 Å². The topological polar surface area (TPSA) is 77.2 Å². The van der Waals surface area contributed by atoms with E-state index in [4.69, 9.17) is 10.5 Å². The highest BCUT2D eigenvalue weighted by Crippen LogP contribution is 2.02. The van der Waals surface area contributed by atoms with Gasteiger partial charge >= 0.3 is 0 Å². The van der Waals surface area contributed by atoms with Gasteiger partial charge in [0, 0.05) is 18.7 Å². The summed E-state index contributed by atoms with van der Waals surface area (Å²) in [6.45, 7) is 0.650. The number of carbonyl (C=O) groups excluding carboxylic acids is 1. The number of amides is 1. The van der Waals surface area contributed by atoms with Gasteiger partial charge in [0.1, 0.15) is 11.0 Å². The van der Waals surface area contributed by atoms with Crippen LogP contribution in [0.3, 0.4) is 0 Å². The lowest BCUT2D eigenvalue weighted by molar-refractivity contribution is -0.123. The summed E-state index contributed by atoms with van der Waals surface area (Å²) in [5.41, 5.74) is 5.51. The second-order valence-electron chi connectivity index (χ2n) is 2.71. The van der Waals surface area contributed by atoms with Gasteiger partial charge in [0.25, 0.3) is 0 Å². The van der Waals surface area contributed by atoms with Gasteiger partial charge in [-0.1, -0.05) is 0 Å². The molecule has 6 heteroatoms. The van der Waals surface area contributed by atoms with Gasteiger partial charge < -0.3 is 15.8 Å². The molecule has 0 aromatic carbocycles. The molecular weight excluding hydrogens is 202 g/mol. The summed E-state index contributed by atoms with van der Waals surface area (Å²) >= 11 is 1.49. The normalized spacial score (nSPS) is 12.4. The summed E-state index contributed by atoms with van der Waals surface area (Å²) in [5.74, 6) is -0.220. The lowest BCUT2D eigenvalue weighted by Crippen LogP contribution is -2.43. The number of methoxy groups -OCH3 is 1. The summed E-state index contributed by atoms with van der Waals surface area (Å²) in [6, 6.07) is -0.611. The average Bonchev–Trinajstić information content (AvgIpc) is 2.67. The standard InChI is InChI=1S/C8H13N3O2S/c1-13-5-6(9)8(12)11-4-7-10-2-3-14-7/h2-3,6H,4-5,9H2,1H3,(H,11,12). The van der Waals surface area contributed by atoms with E-state index < -0.39 is 6.04 Å². The molecule has 1 aromatic heterocycles. The maximum absolute atomic E-state index is 11.3. The van der Waals surface area contributed by atoms with Crippen molar-refractivity contribution in [2.45, 2.75) is 12.6 Å². The lowest BCUT2D eigenvalue weighted by Gasteiger charge is -2.09. The van der Waals surface area contributed by atoms with E-state index in [1.165, 1.54) is 18.4 Å². The van der Waals surface area contributed by atoms with Crippen molar-refractivity contribution in [1.29, 1.82) is 0 Å². The van der Waals surface area contributed by atoms with Crippen molar-refractivity contribution in [3.63, 3.8) is 0 Å². The molecule has 0 fully saturated rings. The van der Waals surface area contributed by atoms with Crippen molar-refractivity contribution in [3.8, 4) is 0 Å². The number of nitrogens with two attached hydrogens (primary N) is 1. The highest BCUT2D eigenvalue weighted by atomic mass is 32.1. The Morgan fingerprint density at radius 1 is 1.86 bits per heavy atom. The van der Waals surface area contributed by atoms with E-state index in [1.807, 2.05) is 5.38 Å². The van der Waals surface area contributed by atoms with Crippen LogP contribution in [0.25, 0.3) is 0 Å². The molecule has 0 aliphatic carbocycles. The minimum absolute atomic E-state index is 0.220. The van der Waals surface area contributed by atoms with Crippen molar-refractivity contribution in [3.05, 3.63) is 16.6 Å². The first-order valence-corrected chi connectivity index (χ1v) is 5.02. The number of aromatic nitrogens is 1. The first kappa shape index (κ1) is 11.1. The molecule has 1 atom stereocenters. The zero-order chi connectivity index (χ0) is 10.4. The molecule has 1 amide bonds. The molecule has 1 aromatic rings. The lowest BCUT2D eigenvalue weighted by atomic mass is 10.3. The Hall–Kier alpha value is -0.980. The van der Waals surface area contributed by atoms with Crippen molar-refractivity contribution >= 4 is 17.2 Å². The molecule has 0 saturated carbocycles. The molecule has 3 N–H and O–H groups in total. The van der Waals surface area contributed by atoms with Gasteiger partial charge in [-0.15, -0.1) is 11.3 Å². The summed E-state index contributed by atoms with van der Waals surface area (Å²) in [5, 5.41) is 5.40. The molecule has 0 radical (unpaired) electrons. The first-order chi connectivity index (χ1) is 6.74. The van der Waals surface area contributed by atoms with Gasteiger partial charge in [-0.25, -0.2) is 4.98 Å². The molecule has 0 aliphatic rings. The maximum Gasteiger partial charge on any atom is 0.239 e. The molecule has 0 aliphatic heterocycles. The van der Waals surface area contributed by atoms with Crippen LogP contribution in [0.5, 0.6) is 0 Å². The predicted molar refractivity (Wildman–Crippen MR) is 53.8 cm³/mol. The number of hydrogen-bond acceptors (Lipinski definition) is 5. The third-order valence-electron chi connectivity index (χ3n) is 1.58. The van der Waals surface area contributed by atoms with Crippen LogP contribution in [0.15, 0.2) is 11.6 Å². The van der Waals surface area contributed by atoms with Crippen molar-refractivity contribution < 1.29 is 9.53 Å².